The number of hydrogen-bond donors (Lipinski definition) is 2. The van der Waals surface area contributed by atoms with Gasteiger partial charge in [0.2, 0.25) is 5.91 Å². The van der Waals surface area contributed by atoms with E-state index in [0.29, 0.717) is 40.9 Å². The normalized spacial score (nSPS) is 10.6. The summed E-state index contributed by atoms with van der Waals surface area (Å²) in [6.07, 6.45) is 3.02. The van der Waals surface area contributed by atoms with Crippen molar-refractivity contribution < 1.29 is 14.0 Å². The van der Waals surface area contributed by atoms with Gasteiger partial charge < -0.3 is 15.1 Å². The topological polar surface area (TPSA) is 84.2 Å². The van der Waals surface area contributed by atoms with Crippen LogP contribution >= 0.6 is 11.6 Å². The zero-order valence-electron chi connectivity index (χ0n) is 16.1. The van der Waals surface area contributed by atoms with E-state index >= 15 is 0 Å². The molecule has 2 aromatic carbocycles. The molecule has 0 radical (unpaired) electrons. The Hall–Kier alpha value is -3.12. The Labute approximate surface area is 174 Å². The van der Waals surface area contributed by atoms with Gasteiger partial charge in [0.25, 0.3) is 5.91 Å². The lowest BCUT2D eigenvalue weighted by Gasteiger charge is -2.07. The molecule has 7 heteroatoms. The van der Waals surface area contributed by atoms with Gasteiger partial charge in [-0.3, -0.25) is 9.59 Å². The second-order valence-corrected chi connectivity index (χ2v) is 6.89. The average molecular weight is 412 g/mol. The van der Waals surface area contributed by atoms with Crippen molar-refractivity contribution in [3.05, 3.63) is 71.2 Å². The van der Waals surface area contributed by atoms with Crippen molar-refractivity contribution in [3.8, 4) is 11.3 Å². The molecule has 1 heterocycles. The molecule has 0 unspecified atom stereocenters. The standard InChI is InChI=1S/C22H22ClN3O3/c1-2-12-24-22(28)15-6-5-7-16(13-15)26-20(27)10-11-21-25-14-19(29-21)17-8-3-4-9-18(17)23/h3-9,13-14H,2,10-12H2,1H3,(H,24,28)(H,26,27). The van der Waals surface area contributed by atoms with Gasteiger partial charge in [-0.05, 0) is 36.8 Å². The largest absolute Gasteiger partial charge is 0.441 e. The molecule has 0 bridgehead atoms. The number of halogens is 1. The van der Waals surface area contributed by atoms with E-state index in [-0.39, 0.29) is 18.2 Å². The first-order chi connectivity index (χ1) is 14.1. The smallest absolute Gasteiger partial charge is 0.251 e. The number of aromatic nitrogens is 1. The van der Waals surface area contributed by atoms with Gasteiger partial charge >= 0.3 is 0 Å². The Balaban J connectivity index is 1.56. The van der Waals surface area contributed by atoms with Gasteiger partial charge in [0, 0.05) is 36.2 Å². The van der Waals surface area contributed by atoms with E-state index in [2.05, 4.69) is 15.6 Å². The molecule has 0 saturated heterocycles. The van der Waals surface area contributed by atoms with Crippen LogP contribution in [0.4, 0.5) is 5.69 Å². The molecule has 3 aromatic rings. The number of hydrogen-bond acceptors (Lipinski definition) is 4. The number of amides is 2. The first kappa shape index (κ1) is 20.6. The number of nitrogens with zero attached hydrogens (tertiary/aromatic N) is 1. The Kier molecular flexibility index (Phi) is 7.03. The van der Waals surface area contributed by atoms with Crippen LogP contribution in [0.15, 0.2) is 59.1 Å². The van der Waals surface area contributed by atoms with Crippen LogP contribution in [0.5, 0.6) is 0 Å². The molecular weight excluding hydrogens is 390 g/mol. The monoisotopic (exact) mass is 411 g/mol. The van der Waals surface area contributed by atoms with Crippen LogP contribution in [0.1, 0.15) is 36.0 Å². The molecular formula is C22H22ClN3O3. The molecule has 0 atom stereocenters. The number of benzene rings is 2. The fraction of sp³-hybridized carbons (Fsp3) is 0.227. The van der Waals surface area contributed by atoms with Gasteiger partial charge in [-0.25, -0.2) is 4.98 Å². The van der Waals surface area contributed by atoms with E-state index in [1.807, 2.05) is 25.1 Å². The van der Waals surface area contributed by atoms with Gasteiger partial charge in [-0.2, -0.15) is 0 Å². The van der Waals surface area contributed by atoms with Crippen molar-refractivity contribution in [2.24, 2.45) is 0 Å². The van der Waals surface area contributed by atoms with Crippen LogP contribution in [-0.2, 0) is 11.2 Å². The van der Waals surface area contributed by atoms with E-state index in [1.54, 1.807) is 36.5 Å². The lowest BCUT2D eigenvalue weighted by atomic mass is 10.2. The van der Waals surface area contributed by atoms with Crippen molar-refractivity contribution in [2.45, 2.75) is 26.2 Å². The number of anilines is 1. The highest BCUT2D eigenvalue weighted by atomic mass is 35.5. The molecule has 2 amide bonds. The number of carbonyl (C=O) groups is 2. The highest BCUT2D eigenvalue weighted by Gasteiger charge is 2.12. The SMILES string of the molecule is CCCNC(=O)c1cccc(NC(=O)CCc2ncc(-c3ccccc3Cl)o2)c1. The van der Waals surface area contributed by atoms with Gasteiger partial charge in [0.15, 0.2) is 11.7 Å². The minimum Gasteiger partial charge on any atom is -0.441 e. The van der Waals surface area contributed by atoms with Crippen molar-refractivity contribution in [1.82, 2.24) is 10.3 Å². The first-order valence-corrected chi connectivity index (χ1v) is 9.82. The second kappa shape index (κ2) is 9.89. The summed E-state index contributed by atoms with van der Waals surface area (Å²) >= 11 is 6.17. The van der Waals surface area contributed by atoms with Crippen molar-refractivity contribution in [1.29, 1.82) is 0 Å². The minimum absolute atomic E-state index is 0.158. The van der Waals surface area contributed by atoms with Gasteiger partial charge in [-0.15, -0.1) is 0 Å². The lowest BCUT2D eigenvalue weighted by molar-refractivity contribution is -0.116. The fourth-order valence-corrected chi connectivity index (χ4v) is 2.96. The Morgan fingerprint density at radius 2 is 1.97 bits per heavy atom. The van der Waals surface area contributed by atoms with Crippen molar-refractivity contribution in [2.75, 3.05) is 11.9 Å². The molecule has 1 aromatic heterocycles. The molecule has 0 saturated carbocycles. The molecule has 6 nitrogen and oxygen atoms in total. The van der Waals surface area contributed by atoms with Crippen LogP contribution in [0.2, 0.25) is 5.02 Å². The summed E-state index contributed by atoms with van der Waals surface area (Å²) in [5, 5.41) is 6.19. The maximum absolute atomic E-state index is 12.3. The number of oxazole rings is 1. The van der Waals surface area contributed by atoms with Crippen LogP contribution in [-0.4, -0.2) is 23.3 Å². The summed E-state index contributed by atoms with van der Waals surface area (Å²) in [5.41, 5.74) is 1.84. The summed E-state index contributed by atoms with van der Waals surface area (Å²) in [4.78, 5) is 28.5. The molecule has 3 rings (SSSR count). The molecule has 150 valence electrons. The van der Waals surface area contributed by atoms with Crippen LogP contribution in [0, 0.1) is 0 Å². The molecule has 2 N–H and O–H groups in total. The molecule has 0 fully saturated rings. The molecule has 0 aliphatic heterocycles. The summed E-state index contributed by atoms with van der Waals surface area (Å²) in [7, 11) is 0. The quantitative estimate of drug-likeness (QED) is 0.562. The van der Waals surface area contributed by atoms with Crippen molar-refractivity contribution in [3.63, 3.8) is 0 Å². The molecule has 0 aliphatic carbocycles. The number of rotatable bonds is 8. The highest BCUT2D eigenvalue weighted by Crippen LogP contribution is 2.28. The molecule has 0 spiro atoms. The third-order valence-electron chi connectivity index (χ3n) is 4.20. The maximum atomic E-state index is 12.3. The van der Waals surface area contributed by atoms with E-state index in [1.165, 1.54) is 0 Å². The predicted octanol–water partition coefficient (Wildman–Crippen LogP) is 4.71. The van der Waals surface area contributed by atoms with Crippen molar-refractivity contribution >= 4 is 29.1 Å². The Bertz CT molecular complexity index is 1000. The van der Waals surface area contributed by atoms with E-state index in [0.717, 1.165) is 12.0 Å². The lowest BCUT2D eigenvalue weighted by Crippen LogP contribution is -2.24. The van der Waals surface area contributed by atoms with E-state index in [4.69, 9.17) is 16.0 Å². The number of carbonyl (C=O) groups excluding carboxylic acids is 2. The zero-order valence-corrected chi connectivity index (χ0v) is 16.8. The van der Waals surface area contributed by atoms with Gasteiger partial charge in [0.05, 0.1) is 11.2 Å². The second-order valence-electron chi connectivity index (χ2n) is 6.48. The molecule has 0 aliphatic rings. The van der Waals surface area contributed by atoms with E-state index < -0.39 is 0 Å². The molecule has 29 heavy (non-hydrogen) atoms. The van der Waals surface area contributed by atoms with E-state index in [9.17, 15) is 9.59 Å². The van der Waals surface area contributed by atoms with Gasteiger partial charge in [-0.1, -0.05) is 36.7 Å². The maximum Gasteiger partial charge on any atom is 0.251 e. The Morgan fingerprint density at radius 1 is 1.14 bits per heavy atom. The number of nitrogens with one attached hydrogen (secondary N) is 2. The minimum atomic E-state index is -0.186. The summed E-state index contributed by atoms with van der Waals surface area (Å²) in [5.74, 6) is 0.683. The third kappa shape index (κ3) is 5.68. The van der Waals surface area contributed by atoms with Gasteiger partial charge in [0.1, 0.15) is 0 Å². The Morgan fingerprint density at radius 3 is 2.76 bits per heavy atom. The van der Waals surface area contributed by atoms with Crippen LogP contribution in [0.25, 0.3) is 11.3 Å². The van der Waals surface area contributed by atoms with Crippen LogP contribution < -0.4 is 10.6 Å². The average Bonchev–Trinajstić information content (AvgIpc) is 3.20. The number of aryl methyl sites for hydroxylation is 1. The fourth-order valence-electron chi connectivity index (χ4n) is 2.73. The summed E-state index contributed by atoms with van der Waals surface area (Å²) < 4.78 is 5.71. The zero-order chi connectivity index (χ0) is 20.6. The summed E-state index contributed by atoms with van der Waals surface area (Å²) in [6, 6.07) is 14.2. The first-order valence-electron chi connectivity index (χ1n) is 9.44. The third-order valence-corrected chi connectivity index (χ3v) is 4.53. The van der Waals surface area contributed by atoms with Crippen LogP contribution in [0.3, 0.4) is 0 Å². The summed E-state index contributed by atoms with van der Waals surface area (Å²) in [6.45, 7) is 2.60. The predicted molar refractivity (Wildman–Crippen MR) is 113 cm³/mol. The highest BCUT2D eigenvalue weighted by molar-refractivity contribution is 6.33.